The molecule has 224 valence electrons. The van der Waals surface area contributed by atoms with Crippen LogP contribution in [0.3, 0.4) is 0 Å². The number of carbonyl (C=O) groups excluding carboxylic acids is 2. The fourth-order valence-corrected chi connectivity index (χ4v) is 5.68. The number of nitrogens with zero attached hydrogens (tertiary/aromatic N) is 4. The number of aromatic nitrogens is 4. The molecule has 3 N–H and O–H groups in total. The summed E-state index contributed by atoms with van der Waals surface area (Å²) < 4.78 is 4.74. The molecule has 10 nitrogen and oxygen atoms in total. The van der Waals surface area contributed by atoms with Crippen molar-refractivity contribution in [3.63, 3.8) is 0 Å². The van der Waals surface area contributed by atoms with E-state index in [1.165, 1.54) is 7.11 Å². The van der Waals surface area contributed by atoms with E-state index in [0.717, 1.165) is 63.5 Å². The molecule has 0 spiro atoms. The van der Waals surface area contributed by atoms with Crippen molar-refractivity contribution in [1.82, 2.24) is 30.2 Å². The van der Waals surface area contributed by atoms with E-state index in [1.807, 2.05) is 61.3 Å². The number of para-hydroxylation sites is 1. The number of carbonyl (C=O) groups is 2. The largest absolute Gasteiger partial charge is 0.453 e. The second-order valence-electron chi connectivity index (χ2n) is 11.3. The van der Waals surface area contributed by atoms with Gasteiger partial charge in [0.15, 0.2) is 0 Å². The summed E-state index contributed by atoms with van der Waals surface area (Å²) in [5.74, 6) is 1.28. The topological polar surface area (TPSA) is 125 Å². The number of anilines is 2. The van der Waals surface area contributed by atoms with Gasteiger partial charge in [-0.3, -0.25) is 4.79 Å². The molecule has 1 saturated heterocycles. The van der Waals surface area contributed by atoms with Crippen LogP contribution in [-0.2, 0) is 9.53 Å². The number of likely N-dealkylation sites (tertiary alicyclic amines) is 1. The van der Waals surface area contributed by atoms with Gasteiger partial charge in [0, 0.05) is 17.6 Å². The summed E-state index contributed by atoms with van der Waals surface area (Å²) in [7, 11) is 1.30. The minimum Gasteiger partial charge on any atom is -0.453 e. The molecular formula is C34H35N7O3. The number of aromatic amines is 1. The Morgan fingerprint density at radius 2 is 1.70 bits per heavy atom. The lowest BCUT2D eigenvalue weighted by Gasteiger charge is -2.30. The zero-order valence-electron chi connectivity index (χ0n) is 24.9. The van der Waals surface area contributed by atoms with Crippen LogP contribution >= 0.6 is 0 Å². The number of nitrogens with one attached hydrogen (secondary N) is 3. The molecule has 10 heteroatoms. The summed E-state index contributed by atoms with van der Waals surface area (Å²) >= 11 is 0. The van der Waals surface area contributed by atoms with Crippen molar-refractivity contribution in [2.24, 2.45) is 5.92 Å². The quantitative estimate of drug-likeness (QED) is 0.189. The number of amides is 2. The van der Waals surface area contributed by atoms with Crippen molar-refractivity contribution in [3.8, 4) is 22.4 Å². The third-order valence-corrected chi connectivity index (χ3v) is 8.04. The van der Waals surface area contributed by atoms with Gasteiger partial charge in [-0.1, -0.05) is 62.4 Å². The van der Waals surface area contributed by atoms with E-state index in [0.29, 0.717) is 6.54 Å². The summed E-state index contributed by atoms with van der Waals surface area (Å²) in [5.41, 5.74) is 5.82. The van der Waals surface area contributed by atoms with Gasteiger partial charge < -0.3 is 25.3 Å². The number of hydrogen-bond donors (Lipinski definition) is 3. The molecule has 5 aromatic rings. The van der Waals surface area contributed by atoms with Crippen LogP contribution in [0.25, 0.3) is 33.3 Å². The van der Waals surface area contributed by atoms with Gasteiger partial charge in [0.25, 0.3) is 0 Å². The monoisotopic (exact) mass is 589 g/mol. The van der Waals surface area contributed by atoms with Gasteiger partial charge in [-0.05, 0) is 59.7 Å². The molecule has 6 rings (SSSR count). The smallest absolute Gasteiger partial charge is 0.407 e. The van der Waals surface area contributed by atoms with Gasteiger partial charge in [0.05, 0.1) is 30.6 Å². The molecule has 0 radical (unpaired) electrons. The lowest BCUT2D eigenvalue weighted by Crippen LogP contribution is -2.51. The predicted octanol–water partition coefficient (Wildman–Crippen LogP) is 6.47. The van der Waals surface area contributed by atoms with E-state index in [9.17, 15) is 9.59 Å². The van der Waals surface area contributed by atoms with Crippen molar-refractivity contribution in [2.75, 3.05) is 19.0 Å². The maximum absolute atomic E-state index is 13.5. The molecule has 3 heterocycles. The fraction of sp³-hybridized carbons (Fsp3) is 0.265. The third kappa shape index (κ3) is 5.96. The van der Waals surface area contributed by atoms with Crippen LogP contribution in [0.2, 0.25) is 0 Å². The number of benzene rings is 3. The second kappa shape index (κ2) is 12.5. The molecule has 0 saturated carbocycles. The Morgan fingerprint density at radius 1 is 0.955 bits per heavy atom. The Hall–Kier alpha value is -5.25. The molecule has 1 aliphatic rings. The minimum atomic E-state index is -0.670. The Kier molecular flexibility index (Phi) is 8.23. The van der Waals surface area contributed by atoms with Gasteiger partial charge in [-0.15, -0.1) is 0 Å². The highest BCUT2D eigenvalue weighted by Crippen LogP contribution is 2.34. The molecule has 44 heavy (non-hydrogen) atoms. The molecule has 1 fully saturated rings. The van der Waals surface area contributed by atoms with E-state index >= 15 is 0 Å². The first kappa shape index (κ1) is 28.9. The van der Waals surface area contributed by atoms with Crippen LogP contribution in [0.1, 0.15) is 38.6 Å². The van der Waals surface area contributed by atoms with Crippen LogP contribution in [0.4, 0.5) is 16.3 Å². The highest BCUT2D eigenvalue weighted by atomic mass is 16.5. The Morgan fingerprint density at radius 3 is 2.45 bits per heavy atom. The van der Waals surface area contributed by atoms with Crippen LogP contribution in [0.5, 0.6) is 0 Å². The van der Waals surface area contributed by atoms with E-state index in [4.69, 9.17) is 4.74 Å². The molecular weight excluding hydrogens is 554 g/mol. The second-order valence-corrected chi connectivity index (χ2v) is 11.3. The molecule has 0 unspecified atom stereocenters. The van der Waals surface area contributed by atoms with Crippen LogP contribution in [0, 0.1) is 5.92 Å². The van der Waals surface area contributed by atoms with E-state index < -0.39 is 12.1 Å². The van der Waals surface area contributed by atoms with Gasteiger partial charge >= 0.3 is 6.09 Å². The average molecular weight is 590 g/mol. The summed E-state index contributed by atoms with van der Waals surface area (Å²) in [6, 6.07) is 23.6. The highest BCUT2D eigenvalue weighted by Gasteiger charge is 2.37. The Labute approximate surface area is 255 Å². The number of hydrogen-bond acceptors (Lipinski definition) is 7. The summed E-state index contributed by atoms with van der Waals surface area (Å²) in [5, 5.41) is 7.04. The van der Waals surface area contributed by atoms with Gasteiger partial charge in [-0.25, -0.2) is 19.7 Å². The Balaban J connectivity index is 1.20. The maximum Gasteiger partial charge on any atom is 0.407 e. The first-order valence-electron chi connectivity index (χ1n) is 14.8. The summed E-state index contributed by atoms with van der Waals surface area (Å²) in [6.07, 6.45) is 4.44. The van der Waals surface area contributed by atoms with Crippen molar-refractivity contribution < 1.29 is 14.3 Å². The number of methoxy groups -OCH3 is 1. The van der Waals surface area contributed by atoms with Crippen LogP contribution < -0.4 is 10.6 Å². The van der Waals surface area contributed by atoms with Crippen molar-refractivity contribution in [2.45, 2.75) is 38.8 Å². The first-order chi connectivity index (χ1) is 21.4. The normalized spacial score (nSPS) is 15.4. The van der Waals surface area contributed by atoms with Gasteiger partial charge in [0.1, 0.15) is 24.0 Å². The Bertz CT molecular complexity index is 1770. The standard InChI is InChI=1S/C34H35N7O3/c1-21(2)30(40-34(43)44-3)33(42)41-17-7-10-29(41)32-35-19-28(39-32)23-13-11-22(12-14-23)24-15-16-27-26(18-24)31(37-20-36-27)38-25-8-5-4-6-9-25/h4-6,8-9,11-16,18-21,29-30H,7,10,17H2,1-3H3,(H,35,39)(H,40,43)(H,36,37,38)/t29-,30+/m1/s1. The van der Waals surface area contributed by atoms with Crippen LogP contribution in [0.15, 0.2) is 85.3 Å². The zero-order valence-corrected chi connectivity index (χ0v) is 24.9. The molecule has 1 aliphatic heterocycles. The number of imidazole rings is 1. The molecule has 2 amide bonds. The highest BCUT2D eigenvalue weighted by molar-refractivity contribution is 5.94. The van der Waals surface area contributed by atoms with E-state index in [2.05, 4.69) is 67.0 Å². The van der Waals surface area contributed by atoms with Crippen LogP contribution in [-0.4, -0.2) is 56.5 Å². The lowest BCUT2D eigenvalue weighted by atomic mass is 10.0. The van der Waals surface area contributed by atoms with E-state index in [-0.39, 0.29) is 17.9 Å². The molecule has 2 aromatic heterocycles. The van der Waals surface area contributed by atoms with Crippen molar-refractivity contribution in [3.05, 3.63) is 91.1 Å². The number of rotatable bonds is 8. The van der Waals surface area contributed by atoms with Crippen molar-refractivity contribution in [1.29, 1.82) is 0 Å². The van der Waals surface area contributed by atoms with Gasteiger partial charge in [-0.2, -0.15) is 0 Å². The predicted molar refractivity (Wildman–Crippen MR) is 170 cm³/mol. The summed E-state index contributed by atoms with van der Waals surface area (Å²) in [6.45, 7) is 4.43. The number of alkyl carbamates (subject to hydrolysis) is 1. The third-order valence-electron chi connectivity index (χ3n) is 8.04. The number of fused-ring (bicyclic) bond motifs is 1. The first-order valence-corrected chi connectivity index (χ1v) is 14.8. The minimum absolute atomic E-state index is 0.0876. The number of ether oxygens (including phenoxy) is 1. The lowest BCUT2D eigenvalue weighted by molar-refractivity contribution is -0.135. The molecule has 0 bridgehead atoms. The van der Waals surface area contributed by atoms with Crippen molar-refractivity contribution >= 4 is 34.4 Å². The average Bonchev–Trinajstić information content (AvgIpc) is 3.74. The van der Waals surface area contributed by atoms with Gasteiger partial charge in [0.2, 0.25) is 5.91 Å². The zero-order chi connectivity index (χ0) is 30.6. The molecule has 2 atom stereocenters. The molecule has 0 aliphatic carbocycles. The van der Waals surface area contributed by atoms with E-state index in [1.54, 1.807) is 6.33 Å². The SMILES string of the molecule is COC(=O)N[C@H](C(=O)N1CCC[C@@H]1c1ncc(-c2ccc(-c3ccc4ncnc(Nc5ccccc5)c4c3)cc2)[nH]1)C(C)C. The number of H-pyrrole nitrogens is 1. The summed E-state index contributed by atoms with van der Waals surface area (Å²) in [4.78, 5) is 44.2. The maximum atomic E-state index is 13.5. The molecule has 3 aromatic carbocycles. The fourth-order valence-electron chi connectivity index (χ4n) is 5.68.